The highest BCUT2D eigenvalue weighted by molar-refractivity contribution is 5.96. The maximum atomic E-state index is 12.6. The van der Waals surface area contributed by atoms with E-state index in [1.165, 1.54) is 12.1 Å². The third-order valence-electron chi connectivity index (χ3n) is 4.83. The second kappa shape index (κ2) is 6.83. The number of hydrogen-bond donors (Lipinski definition) is 2. The first kappa shape index (κ1) is 17.8. The minimum absolute atomic E-state index is 0.175. The summed E-state index contributed by atoms with van der Waals surface area (Å²) in [7, 11) is 0. The Balaban J connectivity index is 1.47. The molecular weight excluding hydrogens is 357 g/mol. The quantitative estimate of drug-likeness (QED) is 0.840. The fourth-order valence-electron chi connectivity index (χ4n) is 3.17. The molecule has 4 rings (SSSR count). The molecule has 0 unspecified atom stereocenters. The zero-order chi connectivity index (χ0) is 19.0. The third-order valence-corrected chi connectivity index (χ3v) is 4.83. The lowest BCUT2D eigenvalue weighted by Crippen LogP contribution is -2.34. The Kier molecular flexibility index (Phi) is 4.49. The Morgan fingerprint density at radius 2 is 1.89 bits per heavy atom. The van der Waals surface area contributed by atoms with Crippen molar-refractivity contribution in [2.24, 2.45) is 0 Å². The summed E-state index contributed by atoms with van der Waals surface area (Å²) in [5.74, 6) is 1.51. The molecule has 2 heterocycles. The minimum atomic E-state index is -4.32. The van der Waals surface area contributed by atoms with Crippen molar-refractivity contribution in [2.45, 2.75) is 37.8 Å². The maximum Gasteiger partial charge on any atom is 0.416 e. The number of nitrogens with zero attached hydrogens (tertiary/aromatic N) is 2. The summed E-state index contributed by atoms with van der Waals surface area (Å²) in [6.45, 7) is 1.06. The van der Waals surface area contributed by atoms with Crippen LogP contribution >= 0.6 is 0 Å². The number of nitrogens with one attached hydrogen (secondary N) is 2. The van der Waals surface area contributed by atoms with Crippen molar-refractivity contribution in [1.29, 1.82) is 0 Å². The molecule has 0 bridgehead atoms. The van der Waals surface area contributed by atoms with Crippen molar-refractivity contribution in [3.05, 3.63) is 52.5 Å². The molecule has 27 heavy (non-hydrogen) atoms. The van der Waals surface area contributed by atoms with Crippen molar-refractivity contribution in [1.82, 2.24) is 15.3 Å². The molecule has 0 atom stereocenters. The van der Waals surface area contributed by atoms with E-state index in [1.807, 2.05) is 0 Å². The number of amides is 1. The SMILES string of the molecule is O=C1NCCc2c(NCCc3ccc(C(F)(F)F)cc3)nc(C3CC3)nc21. The van der Waals surface area contributed by atoms with Gasteiger partial charge < -0.3 is 10.6 Å². The number of aromatic nitrogens is 2. The van der Waals surface area contributed by atoms with Crippen LogP contribution in [-0.2, 0) is 19.0 Å². The molecule has 0 radical (unpaired) electrons. The molecule has 2 aliphatic rings. The number of carbonyl (C=O) groups excluding carboxylic acids is 1. The van der Waals surface area contributed by atoms with Gasteiger partial charge in [-0.15, -0.1) is 0 Å². The molecule has 142 valence electrons. The Hall–Kier alpha value is -2.64. The van der Waals surface area contributed by atoms with E-state index in [0.717, 1.165) is 36.1 Å². The van der Waals surface area contributed by atoms with E-state index in [9.17, 15) is 18.0 Å². The normalized spacial score (nSPS) is 16.6. The number of anilines is 1. The summed E-state index contributed by atoms with van der Waals surface area (Å²) in [5, 5.41) is 6.06. The third kappa shape index (κ3) is 3.89. The lowest BCUT2D eigenvalue weighted by atomic mass is 10.1. The molecule has 1 saturated carbocycles. The maximum absolute atomic E-state index is 12.6. The number of benzene rings is 1. The van der Waals surface area contributed by atoms with E-state index in [2.05, 4.69) is 20.6 Å². The Bertz CT molecular complexity index is 860. The van der Waals surface area contributed by atoms with Crippen molar-refractivity contribution < 1.29 is 18.0 Å². The molecule has 2 aromatic rings. The van der Waals surface area contributed by atoms with E-state index < -0.39 is 11.7 Å². The van der Waals surface area contributed by atoms with Crippen LogP contribution in [0.2, 0.25) is 0 Å². The van der Waals surface area contributed by atoms with Crippen LogP contribution in [0.15, 0.2) is 24.3 Å². The summed E-state index contributed by atoms with van der Waals surface area (Å²) in [6.07, 6.45) is -1.04. The Morgan fingerprint density at radius 1 is 1.15 bits per heavy atom. The molecule has 1 amide bonds. The molecule has 1 fully saturated rings. The van der Waals surface area contributed by atoms with Gasteiger partial charge in [-0.2, -0.15) is 13.2 Å². The van der Waals surface area contributed by atoms with E-state index in [0.29, 0.717) is 49.2 Å². The predicted molar refractivity (Wildman–Crippen MR) is 93.7 cm³/mol. The van der Waals surface area contributed by atoms with Gasteiger partial charge in [-0.3, -0.25) is 4.79 Å². The van der Waals surface area contributed by atoms with Crippen molar-refractivity contribution in [3.8, 4) is 0 Å². The predicted octanol–water partition coefficient (Wildman–Crippen LogP) is 3.31. The van der Waals surface area contributed by atoms with Crippen molar-refractivity contribution in [2.75, 3.05) is 18.4 Å². The van der Waals surface area contributed by atoms with E-state index >= 15 is 0 Å². The molecule has 5 nitrogen and oxygen atoms in total. The molecule has 1 aliphatic heterocycles. The summed E-state index contributed by atoms with van der Waals surface area (Å²) in [5.41, 5.74) is 1.41. The highest BCUT2D eigenvalue weighted by Gasteiger charge is 2.31. The van der Waals surface area contributed by atoms with Gasteiger partial charge in [0.1, 0.15) is 17.3 Å². The number of fused-ring (bicyclic) bond motifs is 1. The highest BCUT2D eigenvalue weighted by atomic mass is 19.4. The monoisotopic (exact) mass is 376 g/mol. The van der Waals surface area contributed by atoms with Crippen LogP contribution in [0.1, 0.15) is 51.8 Å². The van der Waals surface area contributed by atoms with Crippen LogP contribution in [0.3, 0.4) is 0 Å². The highest BCUT2D eigenvalue weighted by Crippen LogP contribution is 2.39. The first-order chi connectivity index (χ1) is 12.9. The molecule has 1 aromatic heterocycles. The van der Waals surface area contributed by atoms with Gasteiger partial charge >= 0.3 is 6.18 Å². The van der Waals surface area contributed by atoms with E-state index in [1.54, 1.807) is 0 Å². The average Bonchev–Trinajstić information content (AvgIpc) is 3.47. The van der Waals surface area contributed by atoms with Crippen molar-refractivity contribution >= 4 is 11.7 Å². The number of hydrogen-bond acceptors (Lipinski definition) is 4. The zero-order valence-corrected chi connectivity index (χ0v) is 14.6. The van der Waals surface area contributed by atoms with Gasteiger partial charge in [0.2, 0.25) is 0 Å². The zero-order valence-electron chi connectivity index (χ0n) is 14.6. The van der Waals surface area contributed by atoms with Gasteiger partial charge in [0.15, 0.2) is 0 Å². The van der Waals surface area contributed by atoms with Gasteiger partial charge in [-0.25, -0.2) is 9.97 Å². The van der Waals surface area contributed by atoms with Crippen LogP contribution < -0.4 is 10.6 Å². The van der Waals surface area contributed by atoms with Crippen molar-refractivity contribution in [3.63, 3.8) is 0 Å². The smallest absolute Gasteiger partial charge is 0.369 e. The Labute approximate surface area is 154 Å². The van der Waals surface area contributed by atoms with Crippen LogP contribution in [0, 0.1) is 0 Å². The summed E-state index contributed by atoms with van der Waals surface area (Å²) in [4.78, 5) is 21.2. The molecule has 1 aromatic carbocycles. The number of halogens is 3. The van der Waals surface area contributed by atoms with Crippen LogP contribution in [0.25, 0.3) is 0 Å². The number of alkyl halides is 3. The van der Waals surface area contributed by atoms with Gasteiger partial charge in [-0.1, -0.05) is 12.1 Å². The lowest BCUT2D eigenvalue weighted by molar-refractivity contribution is -0.137. The summed E-state index contributed by atoms with van der Waals surface area (Å²) in [6, 6.07) is 5.17. The van der Waals surface area contributed by atoms with Gasteiger partial charge in [0.25, 0.3) is 5.91 Å². The van der Waals surface area contributed by atoms with Crippen LogP contribution in [0.5, 0.6) is 0 Å². The van der Waals surface area contributed by atoms with Gasteiger partial charge in [0, 0.05) is 24.6 Å². The standard InChI is InChI=1S/C19H19F3N4O/c20-19(21,22)13-5-1-11(2-6-13)7-9-23-17-14-8-10-24-18(27)15(14)25-16(26-17)12-3-4-12/h1-2,5-6,12H,3-4,7-10H2,(H,24,27)(H,23,25,26). The van der Waals surface area contributed by atoms with E-state index in [4.69, 9.17) is 0 Å². The second-order valence-electron chi connectivity index (χ2n) is 6.91. The van der Waals surface area contributed by atoms with Crippen LogP contribution in [-0.4, -0.2) is 29.0 Å². The molecule has 8 heteroatoms. The Morgan fingerprint density at radius 3 is 2.56 bits per heavy atom. The van der Waals surface area contributed by atoms with E-state index in [-0.39, 0.29) is 5.91 Å². The summed E-state index contributed by atoms with van der Waals surface area (Å²) >= 11 is 0. The summed E-state index contributed by atoms with van der Waals surface area (Å²) < 4.78 is 37.9. The van der Waals surface area contributed by atoms with Crippen LogP contribution in [0.4, 0.5) is 19.0 Å². The molecule has 2 N–H and O–H groups in total. The fraction of sp³-hybridized carbons (Fsp3) is 0.421. The average molecular weight is 376 g/mol. The number of rotatable bonds is 5. The second-order valence-corrected chi connectivity index (χ2v) is 6.91. The largest absolute Gasteiger partial charge is 0.416 e. The molecule has 0 spiro atoms. The molecule has 0 saturated heterocycles. The minimum Gasteiger partial charge on any atom is -0.369 e. The first-order valence-electron chi connectivity index (χ1n) is 9.01. The van der Waals surface area contributed by atoms with Gasteiger partial charge in [0.05, 0.1) is 5.56 Å². The molecular formula is C19H19F3N4O. The topological polar surface area (TPSA) is 66.9 Å². The van der Waals surface area contributed by atoms with Gasteiger partial charge in [-0.05, 0) is 43.4 Å². The fourth-order valence-corrected chi connectivity index (χ4v) is 3.17. The first-order valence-corrected chi connectivity index (χ1v) is 9.01. The molecule has 1 aliphatic carbocycles. The lowest BCUT2D eigenvalue weighted by Gasteiger charge is -2.20. The number of carbonyl (C=O) groups is 1.